The van der Waals surface area contributed by atoms with E-state index in [0.29, 0.717) is 12.1 Å². The first kappa shape index (κ1) is 13.4. The third-order valence-corrected chi connectivity index (χ3v) is 4.62. The van der Waals surface area contributed by atoms with Crippen molar-refractivity contribution in [2.75, 3.05) is 0 Å². The molecule has 0 bridgehead atoms. The predicted molar refractivity (Wildman–Crippen MR) is 81.4 cm³/mol. The molecule has 0 radical (unpaired) electrons. The standard InChI is InChI=1S/C17H17NOS/c1-2-17(19)16-9-8-15(11-18-16)20-14-7-6-12-4-3-5-13(12)10-14/h6-11H,2-5H2,1H3. The fourth-order valence-electron chi connectivity index (χ4n) is 2.53. The smallest absolute Gasteiger partial charge is 0.180 e. The van der Waals surface area contributed by atoms with Gasteiger partial charge in [-0.25, -0.2) is 0 Å². The van der Waals surface area contributed by atoms with E-state index in [2.05, 4.69) is 23.2 Å². The van der Waals surface area contributed by atoms with Crippen molar-refractivity contribution in [2.45, 2.75) is 42.4 Å². The molecule has 0 N–H and O–H groups in total. The van der Waals surface area contributed by atoms with Crippen LogP contribution in [0.3, 0.4) is 0 Å². The summed E-state index contributed by atoms with van der Waals surface area (Å²) in [5.74, 6) is 0.0964. The van der Waals surface area contributed by atoms with E-state index in [-0.39, 0.29) is 5.78 Å². The lowest BCUT2D eigenvalue weighted by molar-refractivity contribution is 0.0983. The summed E-state index contributed by atoms with van der Waals surface area (Å²) in [4.78, 5) is 18.1. The van der Waals surface area contributed by atoms with E-state index in [0.717, 1.165) is 4.90 Å². The number of carbonyl (C=O) groups is 1. The highest BCUT2D eigenvalue weighted by atomic mass is 32.2. The lowest BCUT2D eigenvalue weighted by Gasteiger charge is -2.05. The highest BCUT2D eigenvalue weighted by molar-refractivity contribution is 7.99. The molecule has 0 atom stereocenters. The summed E-state index contributed by atoms with van der Waals surface area (Å²) in [6, 6.07) is 10.5. The van der Waals surface area contributed by atoms with Crippen LogP contribution in [0.25, 0.3) is 0 Å². The second kappa shape index (κ2) is 5.80. The Morgan fingerprint density at radius 1 is 1.15 bits per heavy atom. The number of benzene rings is 1. The number of rotatable bonds is 4. The van der Waals surface area contributed by atoms with Gasteiger partial charge < -0.3 is 0 Å². The molecule has 3 rings (SSSR count). The van der Waals surface area contributed by atoms with Crippen LogP contribution in [0, 0.1) is 0 Å². The Labute approximate surface area is 123 Å². The molecule has 0 unspecified atom stereocenters. The lowest BCUT2D eigenvalue weighted by atomic mass is 10.1. The Morgan fingerprint density at radius 2 is 1.95 bits per heavy atom. The Bertz CT molecular complexity index is 634. The van der Waals surface area contributed by atoms with E-state index in [4.69, 9.17) is 0 Å². The molecule has 0 saturated heterocycles. The maximum Gasteiger partial charge on any atom is 0.180 e. The van der Waals surface area contributed by atoms with Gasteiger partial charge in [0, 0.05) is 22.4 Å². The largest absolute Gasteiger partial charge is 0.292 e. The SMILES string of the molecule is CCC(=O)c1ccc(Sc2ccc3c(c2)CCC3)cn1. The fraction of sp³-hybridized carbons (Fsp3) is 0.294. The fourth-order valence-corrected chi connectivity index (χ4v) is 3.39. The Hall–Kier alpha value is -1.61. The molecule has 0 saturated carbocycles. The van der Waals surface area contributed by atoms with Crippen LogP contribution in [0.4, 0.5) is 0 Å². The zero-order chi connectivity index (χ0) is 13.9. The van der Waals surface area contributed by atoms with Crippen molar-refractivity contribution in [3.8, 4) is 0 Å². The highest BCUT2D eigenvalue weighted by Crippen LogP contribution is 2.31. The quantitative estimate of drug-likeness (QED) is 0.783. The summed E-state index contributed by atoms with van der Waals surface area (Å²) >= 11 is 1.71. The molecule has 102 valence electrons. The molecular weight excluding hydrogens is 266 g/mol. The number of aryl methyl sites for hydroxylation is 2. The number of hydrogen-bond acceptors (Lipinski definition) is 3. The van der Waals surface area contributed by atoms with Crippen LogP contribution in [0.2, 0.25) is 0 Å². The van der Waals surface area contributed by atoms with Gasteiger partial charge in [0.1, 0.15) is 5.69 Å². The minimum Gasteiger partial charge on any atom is -0.292 e. The highest BCUT2D eigenvalue weighted by Gasteiger charge is 2.11. The topological polar surface area (TPSA) is 30.0 Å². The van der Waals surface area contributed by atoms with E-state index in [1.54, 1.807) is 18.0 Å². The van der Waals surface area contributed by atoms with Gasteiger partial charge in [0.2, 0.25) is 0 Å². The summed E-state index contributed by atoms with van der Waals surface area (Å²) in [7, 11) is 0. The number of aromatic nitrogens is 1. The van der Waals surface area contributed by atoms with Gasteiger partial charge in [-0.15, -0.1) is 0 Å². The molecule has 1 aromatic heterocycles. The van der Waals surface area contributed by atoms with Gasteiger partial charge in [0.05, 0.1) is 0 Å². The van der Waals surface area contributed by atoms with Crippen LogP contribution in [-0.4, -0.2) is 10.8 Å². The molecule has 20 heavy (non-hydrogen) atoms. The van der Waals surface area contributed by atoms with Gasteiger partial charge in [-0.3, -0.25) is 9.78 Å². The van der Waals surface area contributed by atoms with Crippen LogP contribution in [-0.2, 0) is 12.8 Å². The average molecular weight is 283 g/mol. The summed E-state index contributed by atoms with van der Waals surface area (Å²) in [6.07, 6.45) is 5.99. The monoisotopic (exact) mass is 283 g/mol. The van der Waals surface area contributed by atoms with E-state index in [1.807, 2.05) is 19.1 Å². The summed E-state index contributed by atoms with van der Waals surface area (Å²) in [6.45, 7) is 1.86. The lowest BCUT2D eigenvalue weighted by Crippen LogP contribution is -1.99. The number of hydrogen-bond donors (Lipinski definition) is 0. The second-order valence-electron chi connectivity index (χ2n) is 5.04. The van der Waals surface area contributed by atoms with Gasteiger partial charge in [-0.2, -0.15) is 0 Å². The first-order valence-corrected chi connectivity index (χ1v) is 7.87. The van der Waals surface area contributed by atoms with Gasteiger partial charge in [0.15, 0.2) is 5.78 Å². The van der Waals surface area contributed by atoms with Gasteiger partial charge in [-0.1, -0.05) is 24.8 Å². The average Bonchev–Trinajstić information content (AvgIpc) is 2.95. The molecule has 0 spiro atoms. The van der Waals surface area contributed by atoms with E-state index < -0.39 is 0 Å². The first-order chi connectivity index (χ1) is 9.76. The number of carbonyl (C=O) groups excluding carboxylic acids is 1. The third kappa shape index (κ3) is 2.78. The van der Waals surface area contributed by atoms with Crippen molar-refractivity contribution in [2.24, 2.45) is 0 Å². The predicted octanol–water partition coefficient (Wildman–Crippen LogP) is 4.31. The van der Waals surface area contributed by atoms with Crippen molar-refractivity contribution >= 4 is 17.5 Å². The Morgan fingerprint density at radius 3 is 2.70 bits per heavy atom. The molecule has 1 heterocycles. The van der Waals surface area contributed by atoms with Crippen LogP contribution in [0.1, 0.15) is 41.4 Å². The van der Waals surface area contributed by atoms with Crippen molar-refractivity contribution < 1.29 is 4.79 Å². The second-order valence-corrected chi connectivity index (χ2v) is 6.19. The molecule has 0 amide bonds. The number of fused-ring (bicyclic) bond motifs is 1. The Balaban J connectivity index is 1.76. The minimum absolute atomic E-state index is 0.0964. The minimum atomic E-state index is 0.0964. The van der Waals surface area contributed by atoms with Crippen molar-refractivity contribution in [1.29, 1.82) is 0 Å². The summed E-state index contributed by atoms with van der Waals surface area (Å²) < 4.78 is 0. The third-order valence-electron chi connectivity index (χ3n) is 3.65. The summed E-state index contributed by atoms with van der Waals surface area (Å²) in [5, 5.41) is 0. The number of pyridine rings is 1. The maximum atomic E-state index is 11.5. The number of ketones is 1. The van der Waals surface area contributed by atoms with E-state index in [9.17, 15) is 4.79 Å². The molecule has 2 aromatic rings. The van der Waals surface area contributed by atoms with Gasteiger partial charge >= 0.3 is 0 Å². The van der Waals surface area contributed by atoms with Crippen LogP contribution < -0.4 is 0 Å². The molecule has 2 nitrogen and oxygen atoms in total. The van der Waals surface area contributed by atoms with Crippen molar-refractivity contribution in [3.05, 3.63) is 53.3 Å². The first-order valence-electron chi connectivity index (χ1n) is 7.05. The van der Waals surface area contributed by atoms with Crippen LogP contribution >= 0.6 is 11.8 Å². The molecule has 1 aliphatic carbocycles. The van der Waals surface area contributed by atoms with Gasteiger partial charge in [0.25, 0.3) is 0 Å². The van der Waals surface area contributed by atoms with E-state index in [1.165, 1.54) is 35.3 Å². The van der Waals surface area contributed by atoms with Crippen molar-refractivity contribution in [3.63, 3.8) is 0 Å². The molecule has 3 heteroatoms. The maximum absolute atomic E-state index is 11.5. The molecule has 1 aromatic carbocycles. The van der Waals surface area contributed by atoms with Crippen LogP contribution in [0.5, 0.6) is 0 Å². The normalized spacial score (nSPS) is 13.2. The Kier molecular flexibility index (Phi) is 3.88. The zero-order valence-electron chi connectivity index (χ0n) is 11.6. The molecule has 1 aliphatic rings. The number of nitrogens with zero attached hydrogens (tertiary/aromatic N) is 1. The van der Waals surface area contributed by atoms with Crippen LogP contribution in [0.15, 0.2) is 46.3 Å². The zero-order valence-corrected chi connectivity index (χ0v) is 12.4. The molecule has 0 fully saturated rings. The molecular formula is C17H17NOS. The van der Waals surface area contributed by atoms with Gasteiger partial charge in [-0.05, 0) is 54.7 Å². The van der Waals surface area contributed by atoms with E-state index >= 15 is 0 Å². The van der Waals surface area contributed by atoms with Crippen molar-refractivity contribution in [1.82, 2.24) is 4.98 Å². The summed E-state index contributed by atoms with van der Waals surface area (Å²) in [5.41, 5.74) is 3.54. The molecule has 0 aliphatic heterocycles. The number of Topliss-reactive ketones (excluding diaryl/α,β-unsaturated/α-hetero) is 1.